The zero-order valence-electron chi connectivity index (χ0n) is 11.3. The Balaban J connectivity index is 1.69. The monoisotopic (exact) mass is 271 g/mol. The van der Waals surface area contributed by atoms with Crippen LogP contribution in [0.1, 0.15) is 46.2 Å². The molecule has 6 heteroatoms. The number of pyridine rings is 1. The number of nitrogen functional groups attached to an aromatic ring is 1. The van der Waals surface area contributed by atoms with Crippen molar-refractivity contribution in [3.63, 3.8) is 0 Å². The first-order valence-electron chi connectivity index (χ1n) is 6.69. The van der Waals surface area contributed by atoms with Gasteiger partial charge in [-0.15, -0.1) is 0 Å². The van der Waals surface area contributed by atoms with Gasteiger partial charge in [0.2, 0.25) is 0 Å². The Morgan fingerprint density at radius 2 is 2.35 bits per heavy atom. The van der Waals surface area contributed by atoms with Crippen molar-refractivity contribution in [2.24, 2.45) is 0 Å². The molecule has 1 aliphatic rings. The molecule has 0 unspecified atom stereocenters. The number of nitrogens with two attached hydrogens (primary N) is 1. The van der Waals surface area contributed by atoms with Gasteiger partial charge in [0.25, 0.3) is 5.91 Å². The largest absolute Gasteiger partial charge is 0.395 e. The molecular weight excluding hydrogens is 254 g/mol. The predicted octanol–water partition coefficient (Wildman–Crippen LogP) is 1.50. The third-order valence-electron chi connectivity index (χ3n) is 3.57. The van der Waals surface area contributed by atoms with Gasteiger partial charge in [0.1, 0.15) is 0 Å². The van der Waals surface area contributed by atoms with Crippen LogP contribution in [-0.4, -0.2) is 21.1 Å². The Hall–Kier alpha value is -2.37. The number of aryl methyl sites for hydroxylation is 1. The molecule has 2 aromatic heterocycles. The van der Waals surface area contributed by atoms with Gasteiger partial charge < -0.3 is 11.1 Å². The molecule has 0 aliphatic heterocycles. The van der Waals surface area contributed by atoms with E-state index in [1.807, 2.05) is 19.1 Å². The average Bonchev–Trinajstić information content (AvgIpc) is 3.21. The Morgan fingerprint density at radius 1 is 1.55 bits per heavy atom. The van der Waals surface area contributed by atoms with E-state index in [4.69, 9.17) is 5.73 Å². The number of rotatable bonds is 4. The van der Waals surface area contributed by atoms with E-state index in [1.165, 1.54) is 0 Å². The molecule has 1 saturated carbocycles. The van der Waals surface area contributed by atoms with Crippen LogP contribution in [0.15, 0.2) is 18.3 Å². The summed E-state index contributed by atoms with van der Waals surface area (Å²) in [5, 5.41) is 9.71. The molecule has 1 amide bonds. The zero-order valence-corrected chi connectivity index (χ0v) is 11.3. The first kappa shape index (κ1) is 12.7. The first-order valence-corrected chi connectivity index (χ1v) is 6.69. The first-order chi connectivity index (χ1) is 9.66. The molecule has 2 aromatic rings. The van der Waals surface area contributed by atoms with E-state index in [-0.39, 0.29) is 11.6 Å². The molecule has 4 N–H and O–H groups in total. The summed E-state index contributed by atoms with van der Waals surface area (Å²) in [6.45, 7) is 2.33. The number of H-pyrrole nitrogens is 1. The van der Waals surface area contributed by atoms with Crippen LogP contribution in [0.3, 0.4) is 0 Å². The third kappa shape index (κ3) is 2.36. The molecule has 6 nitrogen and oxygen atoms in total. The van der Waals surface area contributed by atoms with E-state index in [2.05, 4.69) is 20.5 Å². The summed E-state index contributed by atoms with van der Waals surface area (Å²) in [6, 6.07) is 3.83. The highest BCUT2D eigenvalue weighted by atomic mass is 16.1. The Labute approximate surface area is 116 Å². The lowest BCUT2D eigenvalue weighted by Crippen LogP contribution is -2.25. The lowest BCUT2D eigenvalue weighted by atomic mass is 10.2. The number of hydrogen-bond acceptors (Lipinski definition) is 4. The van der Waals surface area contributed by atoms with Gasteiger partial charge in [-0.1, -0.05) is 6.07 Å². The Kier molecular flexibility index (Phi) is 3.14. The van der Waals surface area contributed by atoms with E-state index >= 15 is 0 Å². The topological polar surface area (TPSA) is 96.7 Å². The van der Waals surface area contributed by atoms with Crippen LogP contribution in [0.25, 0.3) is 0 Å². The smallest absolute Gasteiger partial charge is 0.274 e. The fourth-order valence-corrected chi connectivity index (χ4v) is 2.17. The van der Waals surface area contributed by atoms with Crippen LogP contribution >= 0.6 is 0 Å². The number of aromatic nitrogens is 3. The van der Waals surface area contributed by atoms with Crippen LogP contribution in [-0.2, 0) is 6.54 Å². The lowest BCUT2D eigenvalue weighted by Gasteiger charge is -2.06. The van der Waals surface area contributed by atoms with Crippen molar-refractivity contribution in [2.45, 2.75) is 32.2 Å². The van der Waals surface area contributed by atoms with Gasteiger partial charge in [0.05, 0.1) is 23.6 Å². The Morgan fingerprint density at radius 3 is 3.05 bits per heavy atom. The number of nitrogens with one attached hydrogen (secondary N) is 2. The fourth-order valence-electron chi connectivity index (χ4n) is 2.17. The minimum atomic E-state index is -0.268. The van der Waals surface area contributed by atoms with E-state index in [9.17, 15) is 4.79 Å². The summed E-state index contributed by atoms with van der Waals surface area (Å²) in [6.07, 6.45) is 3.93. The van der Waals surface area contributed by atoms with E-state index in [0.717, 1.165) is 29.8 Å². The van der Waals surface area contributed by atoms with E-state index < -0.39 is 0 Å². The van der Waals surface area contributed by atoms with Crippen LogP contribution in [0.5, 0.6) is 0 Å². The molecule has 0 saturated heterocycles. The second-order valence-electron chi connectivity index (χ2n) is 5.12. The second-order valence-corrected chi connectivity index (χ2v) is 5.12. The Bertz CT molecular complexity index is 645. The second kappa shape index (κ2) is 4.96. The molecule has 1 fully saturated rings. The molecule has 0 aromatic carbocycles. The van der Waals surface area contributed by atoms with Gasteiger partial charge in [0, 0.05) is 12.1 Å². The summed E-state index contributed by atoms with van der Waals surface area (Å²) in [5.41, 5.74) is 9.51. The highest BCUT2D eigenvalue weighted by Crippen LogP contribution is 2.42. The van der Waals surface area contributed by atoms with E-state index in [0.29, 0.717) is 18.2 Å². The number of aromatic amines is 1. The maximum atomic E-state index is 12.1. The third-order valence-corrected chi connectivity index (χ3v) is 3.57. The van der Waals surface area contributed by atoms with Gasteiger partial charge in [-0.3, -0.25) is 14.9 Å². The average molecular weight is 271 g/mol. The van der Waals surface area contributed by atoms with Gasteiger partial charge in [-0.05, 0) is 31.4 Å². The number of hydrogen-bond donors (Lipinski definition) is 3. The SMILES string of the molecule is Cc1cccnc1CNC(=O)c1n[nH]c(C2CC2)c1N. The number of anilines is 1. The predicted molar refractivity (Wildman–Crippen MR) is 75.1 cm³/mol. The molecule has 0 radical (unpaired) electrons. The van der Waals surface area contributed by atoms with Crippen molar-refractivity contribution >= 4 is 11.6 Å². The normalized spacial score (nSPS) is 14.2. The molecule has 3 rings (SSSR count). The highest BCUT2D eigenvalue weighted by molar-refractivity contribution is 5.97. The summed E-state index contributed by atoms with van der Waals surface area (Å²) in [4.78, 5) is 16.3. The molecule has 0 bridgehead atoms. The number of nitrogens with zero attached hydrogens (tertiary/aromatic N) is 2. The maximum absolute atomic E-state index is 12.1. The molecular formula is C14H17N5O. The fraction of sp³-hybridized carbons (Fsp3) is 0.357. The number of carbonyl (C=O) groups excluding carboxylic acids is 1. The van der Waals surface area contributed by atoms with Gasteiger partial charge >= 0.3 is 0 Å². The van der Waals surface area contributed by atoms with Crippen molar-refractivity contribution < 1.29 is 4.79 Å². The van der Waals surface area contributed by atoms with Crippen molar-refractivity contribution in [1.82, 2.24) is 20.5 Å². The minimum absolute atomic E-state index is 0.268. The summed E-state index contributed by atoms with van der Waals surface area (Å²) in [5.74, 6) is 0.179. The molecule has 0 atom stereocenters. The van der Waals surface area contributed by atoms with Crippen molar-refractivity contribution in [3.8, 4) is 0 Å². The zero-order chi connectivity index (χ0) is 14.1. The lowest BCUT2D eigenvalue weighted by molar-refractivity contribution is 0.0946. The number of amides is 1. The van der Waals surface area contributed by atoms with Crippen LogP contribution in [0.2, 0.25) is 0 Å². The summed E-state index contributed by atoms with van der Waals surface area (Å²) < 4.78 is 0. The molecule has 0 spiro atoms. The van der Waals surface area contributed by atoms with E-state index in [1.54, 1.807) is 6.20 Å². The molecule has 1 aliphatic carbocycles. The van der Waals surface area contributed by atoms with Gasteiger partial charge in [-0.25, -0.2) is 0 Å². The summed E-state index contributed by atoms with van der Waals surface area (Å²) in [7, 11) is 0. The van der Waals surface area contributed by atoms with Gasteiger partial charge in [0.15, 0.2) is 5.69 Å². The number of carbonyl (C=O) groups is 1. The van der Waals surface area contributed by atoms with Gasteiger partial charge in [-0.2, -0.15) is 5.10 Å². The molecule has 2 heterocycles. The molecule has 20 heavy (non-hydrogen) atoms. The summed E-state index contributed by atoms with van der Waals surface area (Å²) >= 11 is 0. The van der Waals surface area contributed by atoms with Crippen LogP contribution < -0.4 is 11.1 Å². The highest BCUT2D eigenvalue weighted by Gasteiger charge is 2.30. The van der Waals surface area contributed by atoms with Crippen LogP contribution in [0.4, 0.5) is 5.69 Å². The van der Waals surface area contributed by atoms with Crippen LogP contribution in [0, 0.1) is 6.92 Å². The van der Waals surface area contributed by atoms with Crippen molar-refractivity contribution in [1.29, 1.82) is 0 Å². The quantitative estimate of drug-likeness (QED) is 0.785. The minimum Gasteiger partial charge on any atom is -0.395 e. The van der Waals surface area contributed by atoms with Crippen molar-refractivity contribution in [3.05, 3.63) is 41.0 Å². The van der Waals surface area contributed by atoms with Crippen molar-refractivity contribution in [2.75, 3.05) is 5.73 Å². The standard InChI is InChI=1S/C14H17N5O/c1-8-3-2-6-16-10(8)7-17-14(20)13-11(15)12(18-19-13)9-4-5-9/h2-3,6,9H,4-5,7,15H2,1H3,(H,17,20)(H,18,19). The maximum Gasteiger partial charge on any atom is 0.274 e. The molecule has 104 valence electrons.